The van der Waals surface area contributed by atoms with Crippen LogP contribution >= 0.6 is 7.44 Å². The molecule has 172 valence electrons. The highest BCUT2D eigenvalue weighted by molar-refractivity contribution is 7.72. The second kappa shape index (κ2) is 7.85. The fourth-order valence-electron chi connectivity index (χ4n) is 4.75. The van der Waals surface area contributed by atoms with Crippen molar-refractivity contribution in [2.75, 3.05) is 21.8 Å². The number of nitro benzene ring substituents is 1. The third-order valence-corrected chi connectivity index (χ3v) is 8.75. The van der Waals surface area contributed by atoms with Gasteiger partial charge in [0.1, 0.15) is 0 Å². The SMILES string of the molecule is CN1/C(=C2/C=NN(c3ccccc3)[P@]2(=O)Nc2ccc([N+](=O)[O-])cc2)C(C)(C)c2ccccc21. The summed E-state index contributed by atoms with van der Waals surface area (Å²) in [4.78, 5) is 12.7. The van der Waals surface area contributed by atoms with Gasteiger partial charge in [0.15, 0.2) is 0 Å². The molecule has 0 bridgehead atoms. The van der Waals surface area contributed by atoms with E-state index in [9.17, 15) is 14.7 Å². The lowest BCUT2D eigenvalue weighted by molar-refractivity contribution is -0.384. The van der Waals surface area contributed by atoms with E-state index in [4.69, 9.17) is 0 Å². The summed E-state index contributed by atoms with van der Waals surface area (Å²) in [6.45, 7) is 4.24. The number of fused-ring (bicyclic) bond motifs is 1. The lowest BCUT2D eigenvalue weighted by atomic mass is 9.84. The van der Waals surface area contributed by atoms with Crippen molar-refractivity contribution in [2.24, 2.45) is 5.10 Å². The molecule has 0 saturated carbocycles. The van der Waals surface area contributed by atoms with Crippen LogP contribution in [-0.2, 0) is 9.98 Å². The molecule has 0 spiro atoms. The van der Waals surface area contributed by atoms with Gasteiger partial charge in [0.25, 0.3) is 5.69 Å². The topological polar surface area (TPSA) is 91.1 Å². The number of hydrazone groups is 1. The number of nitro groups is 1. The number of nitrogens with zero attached hydrogens (tertiary/aromatic N) is 4. The molecule has 8 nitrogen and oxygen atoms in total. The molecule has 0 aliphatic carbocycles. The third-order valence-electron chi connectivity index (χ3n) is 6.34. The number of likely N-dealkylation sites (N-methyl/N-ethyl adjacent to an activating group) is 1. The molecular weight excluding hydrogens is 449 g/mol. The van der Waals surface area contributed by atoms with E-state index in [1.807, 2.05) is 49.5 Å². The molecule has 0 unspecified atom stereocenters. The summed E-state index contributed by atoms with van der Waals surface area (Å²) in [7, 11) is -1.56. The van der Waals surface area contributed by atoms with Crippen molar-refractivity contribution in [2.45, 2.75) is 19.3 Å². The zero-order valence-corrected chi connectivity index (χ0v) is 19.9. The minimum absolute atomic E-state index is 0.0305. The number of non-ortho nitro benzene ring substituents is 1. The van der Waals surface area contributed by atoms with Gasteiger partial charge in [-0.2, -0.15) is 9.88 Å². The highest BCUT2D eigenvalue weighted by atomic mass is 31.2. The van der Waals surface area contributed by atoms with Crippen LogP contribution in [0.4, 0.5) is 22.7 Å². The van der Waals surface area contributed by atoms with Crippen molar-refractivity contribution in [3.63, 3.8) is 0 Å². The van der Waals surface area contributed by atoms with Gasteiger partial charge in [0.2, 0.25) is 0 Å². The summed E-state index contributed by atoms with van der Waals surface area (Å²) in [6, 6.07) is 23.4. The summed E-state index contributed by atoms with van der Waals surface area (Å²) in [6.07, 6.45) is 1.67. The Morgan fingerprint density at radius 2 is 1.62 bits per heavy atom. The van der Waals surface area contributed by atoms with Crippen LogP contribution in [0.2, 0.25) is 0 Å². The Labute approximate surface area is 197 Å². The predicted molar refractivity (Wildman–Crippen MR) is 137 cm³/mol. The van der Waals surface area contributed by atoms with Crippen LogP contribution in [0.3, 0.4) is 0 Å². The van der Waals surface area contributed by atoms with Gasteiger partial charge < -0.3 is 9.99 Å². The van der Waals surface area contributed by atoms with Gasteiger partial charge in [-0.15, -0.1) is 0 Å². The maximum Gasteiger partial charge on any atom is 0.313 e. The molecule has 34 heavy (non-hydrogen) atoms. The Kier molecular flexibility index (Phi) is 5.06. The first-order valence-electron chi connectivity index (χ1n) is 10.8. The van der Waals surface area contributed by atoms with Crippen molar-refractivity contribution in [1.29, 1.82) is 0 Å². The van der Waals surface area contributed by atoms with E-state index in [1.54, 1.807) is 18.3 Å². The van der Waals surface area contributed by atoms with E-state index < -0.39 is 17.8 Å². The minimum Gasteiger partial charge on any atom is -0.346 e. The summed E-state index contributed by atoms with van der Waals surface area (Å²) in [5.74, 6) is 0. The number of anilines is 3. The Morgan fingerprint density at radius 3 is 2.26 bits per heavy atom. The number of hydrogen-bond donors (Lipinski definition) is 1. The van der Waals surface area contributed by atoms with Crippen LogP contribution in [0.25, 0.3) is 0 Å². The van der Waals surface area contributed by atoms with E-state index in [-0.39, 0.29) is 5.69 Å². The van der Waals surface area contributed by atoms with Crippen molar-refractivity contribution in [1.82, 2.24) is 0 Å². The summed E-state index contributed by atoms with van der Waals surface area (Å²) >= 11 is 0. The van der Waals surface area contributed by atoms with Crippen LogP contribution < -0.4 is 14.8 Å². The molecule has 0 saturated heterocycles. The van der Waals surface area contributed by atoms with Crippen LogP contribution in [-0.4, -0.2) is 18.2 Å². The van der Waals surface area contributed by atoms with E-state index in [0.717, 1.165) is 16.9 Å². The highest BCUT2D eigenvalue weighted by Crippen LogP contribution is 2.64. The third kappa shape index (κ3) is 3.30. The first-order valence-corrected chi connectivity index (χ1v) is 12.5. The van der Waals surface area contributed by atoms with E-state index in [0.29, 0.717) is 16.7 Å². The van der Waals surface area contributed by atoms with Gasteiger partial charge in [-0.1, -0.05) is 50.2 Å². The highest BCUT2D eigenvalue weighted by Gasteiger charge is 2.48. The van der Waals surface area contributed by atoms with Crippen LogP contribution in [0.1, 0.15) is 19.4 Å². The molecule has 1 atom stereocenters. The first kappa shape index (κ1) is 21.9. The Morgan fingerprint density at radius 1 is 0.971 bits per heavy atom. The second-order valence-corrected chi connectivity index (χ2v) is 11.0. The van der Waals surface area contributed by atoms with Crippen molar-refractivity contribution < 1.29 is 9.49 Å². The van der Waals surface area contributed by atoms with E-state index >= 15 is 0 Å². The minimum atomic E-state index is -3.54. The van der Waals surface area contributed by atoms with Crippen molar-refractivity contribution >= 4 is 36.4 Å². The number of rotatable bonds is 4. The van der Waals surface area contributed by atoms with Crippen molar-refractivity contribution in [3.05, 3.63) is 106 Å². The molecule has 2 heterocycles. The van der Waals surface area contributed by atoms with Gasteiger partial charge in [-0.25, -0.2) is 0 Å². The van der Waals surface area contributed by atoms with Crippen LogP contribution in [0.15, 0.2) is 95.0 Å². The van der Waals surface area contributed by atoms with Gasteiger partial charge in [0, 0.05) is 41.7 Å². The molecule has 3 aromatic carbocycles. The second-order valence-electron chi connectivity index (χ2n) is 8.80. The number of para-hydroxylation sites is 2. The Balaban J connectivity index is 1.67. The summed E-state index contributed by atoms with van der Waals surface area (Å²) in [5.41, 5.74) is 3.85. The standard InChI is InChI=1S/C25H24N5O3P/c1-25(2)21-11-7-8-12-22(21)28(3)24(25)23-17-26-29(19-9-5-4-6-10-19)34(23,33)27-18-13-15-20(16-14-18)30(31)32/h4-17H,1-3H3,(H,27,33)/b24-23-/t34-/m1/s1. The van der Waals surface area contributed by atoms with E-state index in [1.165, 1.54) is 16.9 Å². The molecule has 3 aromatic rings. The van der Waals surface area contributed by atoms with Gasteiger partial charge in [-0.3, -0.25) is 14.7 Å². The first-order chi connectivity index (χ1) is 16.2. The maximum absolute atomic E-state index is 14.9. The normalized spacial score (nSPS) is 22.7. The fourth-order valence-corrected chi connectivity index (χ4v) is 7.25. The lowest BCUT2D eigenvalue weighted by Gasteiger charge is -2.31. The maximum atomic E-state index is 14.9. The lowest BCUT2D eigenvalue weighted by Crippen LogP contribution is -2.26. The monoisotopic (exact) mass is 473 g/mol. The average Bonchev–Trinajstić information content (AvgIpc) is 3.25. The zero-order chi connectivity index (χ0) is 24.1. The number of nitrogens with one attached hydrogen (secondary N) is 1. The summed E-state index contributed by atoms with van der Waals surface area (Å²) < 4.78 is 16.4. The largest absolute Gasteiger partial charge is 0.346 e. The van der Waals surface area contributed by atoms with Gasteiger partial charge >= 0.3 is 7.44 Å². The fraction of sp³-hybridized carbons (Fsp3) is 0.160. The molecule has 0 amide bonds. The molecule has 1 N–H and O–H groups in total. The molecule has 2 aliphatic rings. The number of hydrogen-bond acceptors (Lipinski definition) is 5. The van der Waals surface area contributed by atoms with Crippen LogP contribution in [0.5, 0.6) is 0 Å². The molecule has 0 fully saturated rings. The molecule has 0 radical (unpaired) electrons. The quantitative estimate of drug-likeness (QED) is 0.270. The van der Waals surface area contributed by atoms with Gasteiger partial charge in [0.05, 0.1) is 22.1 Å². The smallest absolute Gasteiger partial charge is 0.313 e. The molecule has 0 aromatic heterocycles. The summed E-state index contributed by atoms with van der Waals surface area (Å²) in [5, 5.41) is 19.5. The molecule has 5 rings (SSSR count). The Bertz CT molecular complexity index is 1380. The van der Waals surface area contributed by atoms with Crippen LogP contribution in [0, 0.1) is 10.1 Å². The Hall–Kier alpha value is -3.90. The molecular formula is C25H24N5O3P. The number of benzene rings is 3. The van der Waals surface area contributed by atoms with Gasteiger partial charge in [-0.05, 0) is 35.9 Å². The van der Waals surface area contributed by atoms with E-state index in [2.05, 4.69) is 41.1 Å². The predicted octanol–water partition coefficient (Wildman–Crippen LogP) is 6.35. The molecule has 9 heteroatoms. The number of allylic oxidation sites excluding steroid dienone is 2. The molecule has 2 aliphatic heterocycles. The zero-order valence-electron chi connectivity index (χ0n) is 19.0. The average molecular weight is 473 g/mol. The van der Waals surface area contributed by atoms with Crippen molar-refractivity contribution in [3.8, 4) is 0 Å².